The van der Waals surface area contributed by atoms with Crippen LogP contribution < -0.4 is 0 Å². The summed E-state index contributed by atoms with van der Waals surface area (Å²) in [7, 11) is 0. The van der Waals surface area contributed by atoms with Gasteiger partial charge in [-0.15, -0.1) is 0 Å². The van der Waals surface area contributed by atoms with Gasteiger partial charge in [0, 0.05) is 0 Å². The first-order chi connectivity index (χ1) is 5.57. The van der Waals surface area contributed by atoms with Gasteiger partial charge in [0.2, 0.25) is 0 Å². The van der Waals surface area contributed by atoms with E-state index in [-0.39, 0.29) is 0 Å². The van der Waals surface area contributed by atoms with Crippen molar-refractivity contribution in [3.05, 3.63) is 0 Å². The van der Waals surface area contributed by atoms with Crippen LogP contribution in [0.2, 0.25) is 0 Å². The van der Waals surface area contributed by atoms with Gasteiger partial charge in [-0.25, -0.2) is 0 Å². The number of aliphatic hydroxyl groups excluding tert-OH is 4. The van der Waals surface area contributed by atoms with Gasteiger partial charge < -0.3 is 25.2 Å². The third-order valence-corrected chi connectivity index (χ3v) is 2.11. The highest BCUT2D eigenvalue weighted by molar-refractivity contribution is 4.91. The summed E-state index contributed by atoms with van der Waals surface area (Å²) in [5.41, 5.74) is 0. The molecule has 0 bridgehead atoms. The Balaban J connectivity index is 2.58. The molecule has 1 rings (SSSR count). The van der Waals surface area contributed by atoms with Crippen LogP contribution in [0.5, 0.6) is 0 Å². The maximum absolute atomic E-state index is 9.28. The molecule has 1 aliphatic heterocycles. The Hall–Kier alpha value is -0.200. The lowest BCUT2D eigenvalue weighted by molar-refractivity contribution is -0.0786. The summed E-state index contributed by atoms with van der Waals surface area (Å²) in [6.07, 6.45) is -4.65. The third-order valence-electron chi connectivity index (χ3n) is 2.11. The molecule has 1 fully saturated rings. The highest BCUT2D eigenvalue weighted by Gasteiger charge is 2.43. The van der Waals surface area contributed by atoms with Gasteiger partial charge in [-0.05, 0) is 6.92 Å². The molecule has 72 valence electrons. The lowest BCUT2D eigenvalue weighted by Crippen LogP contribution is -2.40. The molecule has 1 heterocycles. The van der Waals surface area contributed by atoms with Crippen molar-refractivity contribution < 1.29 is 25.2 Å². The van der Waals surface area contributed by atoms with Crippen molar-refractivity contribution in [3.8, 4) is 0 Å². The van der Waals surface area contributed by atoms with Gasteiger partial charge >= 0.3 is 0 Å². The van der Waals surface area contributed by atoms with Crippen molar-refractivity contribution in [3.63, 3.8) is 0 Å². The van der Waals surface area contributed by atoms with Crippen LogP contribution in [0.3, 0.4) is 0 Å². The molecule has 5 atom stereocenters. The van der Waals surface area contributed by atoms with Crippen LogP contribution in [0.25, 0.3) is 0 Å². The van der Waals surface area contributed by atoms with E-state index in [0.29, 0.717) is 0 Å². The minimum atomic E-state index is -1.14. The number of aliphatic hydroxyl groups is 4. The molecule has 0 aliphatic carbocycles. The molecule has 1 aliphatic rings. The van der Waals surface area contributed by atoms with Gasteiger partial charge in [-0.1, -0.05) is 0 Å². The van der Waals surface area contributed by atoms with Crippen LogP contribution >= 0.6 is 0 Å². The lowest BCUT2D eigenvalue weighted by atomic mass is 10.1. The van der Waals surface area contributed by atoms with Crippen molar-refractivity contribution in [2.45, 2.75) is 37.4 Å². The van der Waals surface area contributed by atoms with Crippen LogP contribution in [0, 0.1) is 0 Å². The van der Waals surface area contributed by atoms with E-state index in [1.807, 2.05) is 0 Å². The highest BCUT2D eigenvalue weighted by Crippen LogP contribution is 2.22. The van der Waals surface area contributed by atoms with Crippen LogP contribution in [-0.2, 0) is 4.74 Å². The van der Waals surface area contributed by atoms with E-state index in [1.165, 1.54) is 0 Å². The quantitative estimate of drug-likeness (QED) is 0.387. The zero-order valence-corrected chi connectivity index (χ0v) is 6.79. The van der Waals surface area contributed by atoms with E-state index in [1.54, 1.807) is 6.92 Å². The molecule has 4 N–H and O–H groups in total. The number of ether oxygens (including phenoxy) is 1. The summed E-state index contributed by atoms with van der Waals surface area (Å²) in [4.78, 5) is 0. The first kappa shape index (κ1) is 9.88. The van der Waals surface area contributed by atoms with E-state index in [4.69, 9.17) is 14.9 Å². The Morgan fingerprint density at radius 1 is 1.33 bits per heavy atom. The first-order valence-electron chi connectivity index (χ1n) is 3.88. The minimum Gasteiger partial charge on any atom is -0.394 e. The van der Waals surface area contributed by atoms with E-state index in [0.717, 1.165) is 0 Å². The summed E-state index contributed by atoms with van der Waals surface area (Å²) in [5, 5.41) is 36.2. The molecule has 0 aromatic rings. The Morgan fingerprint density at radius 2 is 1.92 bits per heavy atom. The zero-order chi connectivity index (χ0) is 9.30. The normalized spacial score (nSPS) is 44.8. The van der Waals surface area contributed by atoms with Crippen molar-refractivity contribution >= 4 is 0 Å². The summed E-state index contributed by atoms with van der Waals surface area (Å²) < 4.78 is 5.03. The SMILES string of the molecule is CC1O[C@H](C(O)CO)C(O)[C@@H]1O. The van der Waals surface area contributed by atoms with Gasteiger partial charge in [0.05, 0.1) is 12.7 Å². The van der Waals surface area contributed by atoms with Gasteiger partial charge in [0.25, 0.3) is 0 Å². The largest absolute Gasteiger partial charge is 0.394 e. The van der Waals surface area contributed by atoms with Gasteiger partial charge in [-0.2, -0.15) is 0 Å². The summed E-state index contributed by atoms with van der Waals surface area (Å²) >= 11 is 0. The second-order valence-electron chi connectivity index (χ2n) is 3.04. The molecule has 0 saturated carbocycles. The molecule has 5 heteroatoms. The average Bonchev–Trinajstić information content (AvgIpc) is 2.32. The fourth-order valence-electron chi connectivity index (χ4n) is 1.30. The van der Waals surface area contributed by atoms with Gasteiger partial charge in [-0.3, -0.25) is 0 Å². The Kier molecular flexibility index (Phi) is 3.03. The van der Waals surface area contributed by atoms with E-state index in [9.17, 15) is 10.2 Å². The molecule has 0 radical (unpaired) electrons. The summed E-state index contributed by atoms with van der Waals surface area (Å²) in [6, 6.07) is 0. The molecule has 3 unspecified atom stereocenters. The fourth-order valence-corrected chi connectivity index (χ4v) is 1.30. The molecule has 0 spiro atoms. The molecule has 0 aromatic carbocycles. The first-order valence-corrected chi connectivity index (χ1v) is 3.88. The predicted molar refractivity (Wildman–Crippen MR) is 39.4 cm³/mol. The summed E-state index contributed by atoms with van der Waals surface area (Å²) in [5.74, 6) is 0. The Morgan fingerprint density at radius 3 is 2.25 bits per heavy atom. The standard InChI is InChI=1S/C7H14O5/c1-3-5(10)6(11)7(12-3)4(9)2-8/h3-11H,2H2,1H3/t3?,4?,5-,6?,7-/m1/s1. The monoisotopic (exact) mass is 178 g/mol. The van der Waals surface area contributed by atoms with E-state index >= 15 is 0 Å². The number of hydrogen-bond acceptors (Lipinski definition) is 5. The van der Waals surface area contributed by atoms with Crippen molar-refractivity contribution in [1.29, 1.82) is 0 Å². The molecular weight excluding hydrogens is 164 g/mol. The third kappa shape index (κ3) is 1.60. The zero-order valence-electron chi connectivity index (χ0n) is 6.79. The summed E-state index contributed by atoms with van der Waals surface area (Å²) in [6.45, 7) is 1.11. The number of hydrogen-bond donors (Lipinski definition) is 4. The van der Waals surface area contributed by atoms with Crippen molar-refractivity contribution in [2.24, 2.45) is 0 Å². The fraction of sp³-hybridized carbons (Fsp3) is 1.00. The van der Waals surface area contributed by atoms with Crippen LogP contribution in [0.1, 0.15) is 6.92 Å². The second kappa shape index (κ2) is 3.68. The van der Waals surface area contributed by atoms with Crippen LogP contribution in [0.15, 0.2) is 0 Å². The topological polar surface area (TPSA) is 90.2 Å². The maximum atomic E-state index is 9.28. The maximum Gasteiger partial charge on any atom is 0.115 e. The van der Waals surface area contributed by atoms with Crippen molar-refractivity contribution in [2.75, 3.05) is 6.61 Å². The Labute approximate surface area is 70.2 Å². The van der Waals surface area contributed by atoms with Gasteiger partial charge in [0.1, 0.15) is 24.4 Å². The highest BCUT2D eigenvalue weighted by atomic mass is 16.6. The van der Waals surface area contributed by atoms with E-state index in [2.05, 4.69) is 0 Å². The van der Waals surface area contributed by atoms with E-state index < -0.39 is 37.1 Å². The molecular formula is C7H14O5. The molecule has 1 saturated heterocycles. The number of rotatable bonds is 2. The minimum absolute atomic E-state index is 0.485. The second-order valence-corrected chi connectivity index (χ2v) is 3.04. The van der Waals surface area contributed by atoms with Crippen molar-refractivity contribution in [1.82, 2.24) is 0 Å². The predicted octanol–water partition coefficient (Wildman–Crippen LogP) is -2.15. The molecule has 5 nitrogen and oxygen atoms in total. The van der Waals surface area contributed by atoms with Crippen LogP contribution in [0.4, 0.5) is 0 Å². The smallest absolute Gasteiger partial charge is 0.115 e. The molecule has 0 aromatic heterocycles. The molecule has 0 amide bonds. The Bertz CT molecular complexity index is 151. The van der Waals surface area contributed by atoms with Gasteiger partial charge in [0.15, 0.2) is 0 Å². The average molecular weight is 178 g/mol. The lowest BCUT2D eigenvalue weighted by Gasteiger charge is -2.18. The molecule has 12 heavy (non-hydrogen) atoms. The van der Waals surface area contributed by atoms with Crippen LogP contribution in [-0.4, -0.2) is 57.6 Å².